The summed E-state index contributed by atoms with van der Waals surface area (Å²) in [4.78, 5) is 0. The fraction of sp³-hybridized carbons (Fsp3) is 0.0909. The summed E-state index contributed by atoms with van der Waals surface area (Å²) in [6.07, 6.45) is 1.76. The number of nitrogens with zero attached hydrogens (tertiary/aromatic N) is 1. The number of benzene rings is 1. The molecule has 0 fully saturated rings. The van der Waals surface area contributed by atoms with Crippen LogP contribution in [-0.4, -0.2) is 4.57 Å². The molecule has 13 heavy (non-hydrogen) atoms. The van der Waals surface area contributed by atoms with Crippen LogP contribution < -0.4 is 0 Å². The molecule has 0 aliphatic heterocycles. The summed E-state index contributed by atoms with van der Waals surface area (Å²) in [7, 11) is 1.94. The molecule has 2 rings (SSSR count). The van der Waals surface area contributed by atoms with Gasteiger partial charge in [0.05, 0.1) is 0 Å². The summed E-state index contributed by atoms with van der Waals surface area (Å²) in [5, 5.41) is 0.914. The summed E-state index contributed by atoms with van der Waals surface area (Å²) < 4.78 is 14.8. The number of halogens is 1. The van der Waals surface area contributed by atoms with E-state index in [1.54, 1.807) is 12.1 Å². The van der Waals surface area contributed by atoms with Crippen LogP contribution in [0, 0.1) is 5.82 Å². The minimum Gasteiger partial charge on any atom is -0.344 e. The summed E-state index contributed by atoms with van der Waals surface area (Å²) >= 11 is 0. The van der Waals surface area contributed by atoms with Gasteiger partial charge < -0.3 is 4.57 Å². The van der Waals surface area contributed by atoms with Crippen molar-refractivity contribution in [1.29, 1.82) is 0 Å². The number of aryl methyl sites for hydroxylation is 1. The Balaban J connectivity index is 2.83. The van der Waals surface area contributed by atoms with Gasteiger partial charge in [-0.25, -0.2) is 4.39 Å². The highest BCUT2D eigenvalue weighted by Gasteiger charge is 2.02. The van der Waals surface area contributed by atoms with E-state index in [2.05, 4.69) is 6.58 Å². The molecule has 1 aromatic heterocycles. The first-order valence-electron chi connectivity index (χ1n) is 4.10. The SMILES string of the molecule is C=Cc1cc2cc(F)ccc2n1C. The minimum absolute atomic E-state index is 0.200. The Morgan fingerprint density at radius 3 is 2.85 bits per heavy atom. The summed E-state index contributed by atoms with van der Waals surface area (Å²) in [5.41, 5.74) is 2.02. The maximum absolute atomic E-state index is 12.8. The van der Waals surface area contributed by atoms with E-state index < -0.39 is 0 Å². The third-order valence-electron chi connectivity index (χ3n) is 2.25. The van der Waals surface area contributed by atoms with E-state index in [4.69, 9.17) is 0 Å². The molecule has 1 aromatic carbocycles. The van der Waals surface area contributed by atoms with Crippen molar-refractivity contribution in [3.05, 3.63) is 42.4 Å². The first kappa shape index (κ1) is 8.05. The molecule has 0 N–H and O–H groups in total. The van der Waals surface area contributed by atoms with Crippen LogP contribution in [0.1, 0.15) is 5.69 Å². The van der Waals surface area contributed by atoms with Gasteiger partial charge in [0.25, 0.3) is 0 Å². The Morgan fingerprint density at radius 2 is 2.15 bits per heavy atom. The second-order valence-corrected chi connectivity index (χ2v) is 3.04. The van der Waals surface area contributed by atoms with E-state index in [1.807, 2.05) is 17.7 Å². The van der Waals surface area contributed by atoms with E-state index in [9.17, 15) is 4.39 Å². The molecule has 2 aromatic rings. The van der Waals surface area contributed by atoms with Gasteiger partial charge in [-0.1, -0.05) is 6.58 Å². The topological polar surface area (TPSA) is 4.93 Å². The van der Waals surface area contributed by atoms with Crippen LogP contribution in [0.4, 0.5) is 4.39 Å². The maximum atomic E-state index is 12.8. The molecular formula is C11H10FN. The Labute approximate surface area is 76.1 Å². The number of aromatic nitrogens is 1. The van der Waals surface area contributed by atoms with Crippen molar-refractivity contribution in [2.45, 2.75) is 0 Å². The maximum Gasteiger partial charge on any atom is 0.123 e. The fourth-order valence-corrected chi connectivity index (χ4v) is 1.54. The molecule has 0 radical (unpaired) electrons. The third kappa shape index (κ3) is 1.15. The van der Waals surface area contributed by atoms with E-state index >= 15 is 0 Å². The lowest BCUT2D eigenvalue weighted by atomic mass is 10.2. The van der Waals surface area contributed by atoms with Crippen LogP contribution in [-0.2, 0) is 7.05 Å². The van der Waals surface area contributed by atoms with Gasteiger partial charge in [-0.2, -0.15) is 0 Å². The fourth-order valence-electron chi connectivity index (χ4n) is 1.54. The normalized spacial score (nSPS) is 10.6. The molecule has 0 aliphatic carbocycles. The van der Waals surface area contributed by atoms with Crippen LogP contribution in [0.15, 0.2) is 30.8 Å². The third-order valence-corrected chi connectivity index (χ3v) is 2.25. The Kier molecular flexibility index (Phi) is 1.69. The average Bonchev–Trinajstić information content (AvgIpc) is 2.42. The quantitative estimate of drug-likeness (QED) is 0.628. The summed E-state index contributed by atoms with van der Waals surface area (Å²) in [5.74, 6) is -0.200. The van der Waals surface area contributed by atoms with Gasteiger partial charge in [-0.15, -0.1) is 0 Å². The van der Waals surface area contributed by atoms with E-state index in [1.165, 1.54) is 12.1 Å². The van der Waals surface area contributed by atoms with Gasteiger partial charge in [-0.05, 0) is 30.3 Å². The molecule has 0 amide bonds. The van der Waals surface area contributed by atoms with Gasteiger partial charge >= 0.3 is 0 Å². The lowest BCUT2D eigenvalue weighted by Gasteiger charge is -1.97. The van der Waals surface area contributed by atoms with E-state index in [-0.39, 0.29) is 5.82 Å². The van der Waals surface area contributed by atoms with E-state index in [0.717, 1.165) is 16.6 Å². The van der Waals surface area contributed by atoms with Gasteiger partial charge in [-0.3, -0.25) is 0 Å². The second kappa shape index (κ2) is 2.73. The number of hydrogen-bond acceptors (Lipinski definition) is 0. The van der Waals surface area contributed by atoms with Crippen molar-refractivity contribution >= 4 is 17.0 Å². The second-order valence-electron chi connectivity index (χ2n) is 3.04. The predicted octanol–water partition coefficient (Wildman–Crippen LogP) is 2.96. The Hall–Kier alpha value is -1.57. The Bertz CT molecular complexity index is 468. The summed E-state index contributed by atoms with van der Waals surface area (Å²) in [6.45, 7) is 3.69. The van der Waals surface area contributed by atoms with Crippen LogP contribution in [0.25, 0.3) is 17.0 Å². The van der Waals surface area contributed by atoms with Gasteiger partial charge in [0.15, 0.2) is 0 Å². The van der Waals surface area contributed by atoms with Crippen LogP contribution >= 0.6 is 0 Å². The number of hydrogen-bond donors (Lipinski definition) is 0. The van der Waals surface area contributed by atoms with Crippen LogP contribution in [0.5, 0.6) is 0 Å². The zero-order valence-electron chi connectivity index (χ0n) is 7.42. The molecule has 2 heteroatoms. The molecule has 0 aliphatic rings. The molecule has 0 saturated heterocycles. The summed E-state index contributed by atoms with van der Waals surface area (Å²) in [6, 6.07) is 6.70. The van der Waals surface area contributed by atoms with E-state index in [0.29, 0.717) is 0 Å². The lowest BCUT2D eigenvalue weighted by molar-refractivity contribution is 0.629. The highest BCUT2D eigenvalue weighted by Crippen LogP contribution is 2.20. The standard InChI is InChI=1S/C11H10FN/c1-3-10-7-8-6-9(12)4-5-11(8)13(10)2/h3-7H,1H2,2H3. The lowest BCUT2D eigenvalue weighted by Crippen LogP contribution is -1.88. The molecule has 0 unspecified atom stereocenters. The molecule has 0 atom stereocenters. The van der Waals surface area contributed by atoms with Crippen molar-refractivity contribution in [3.8, 4) is 0 Å². The number of rotatable bonds is 1. The molecule has 1 heterocycles. The first-order chi connectivity index (χ1) is 6.22. The minimum atomic E-state index is -0.200. The number of fused-ring (bicyclic) bond motifs is 1. The first-order valence-corrected chi connectivity index (χ1v) is 4.10. The highest BCUT2D eigenvalue weighted by atomic mass is 19.1. The molecule has 0 saturated carbocycles. The predicted molar refractivity (Wildman–Crippen MR) is 53.0 cm³/mol. The van der Waals surface area contributed by atoms with Crippen molar-refractivity contribution < 1.29 is 4.39 Å². The van der Waals surface area contributed by atoms with Crippen LogP contribution in [0.3, 0.4) is 0 Å². The highest BCUT2D eigenvalue weighted by molar-refractivity contribution is 5.83. The smallest absolute Gasteiger partial charge is 0.123 e. The Morgan fingerprint density at radius 1 is 1.38 bits per heavy atom. The monoisotopic (exact) mass is 175 g/mol. The van der Waals surface area contributed by atoms with Gasteiger partial charge in [0.2, 0.25) is 0 Å². The van der Waals surface area contributed by atoms with Crippen LogP contribution in [0.2, 0.25) is 0 Å². The van der Waals surface area contributed by atoms with Gasteiger partial charge in [0, 0.05) is 23.6 Å². The molecular weight excluding hydrogens is 165 g/mol. The zero-order chi connectivity index (χ0) is 9.42. The molecule has 0 bridgehead atoms. The molecule has 0 spiro atoms. The van der Waals surface area contributed by atoms with Crippen molar-refractivity contribution in [2.24, 2.45) is 7.05 Å². The van der Waals surface area contributed by atoms with Crippen molar-refractivity contribution in [3.63, 3.8) is 0 Å². The van der Waals surface area contributed by atoms with Crippen molar-refractivity contribution in [2.75, 3.05) is 0 Å². The molecule has 1 nitrogen and oxygen atoms in total. The zero-order valence-corrected chi connectivity index (χ0v) is 7.42. The van der Waals surface area contributed by atoms with Crippen molar-refractivity contribution in [1.82, 2.24) is 4.57 Å². The van der Waals surface area contributed by atoms with Gasteiger partial charge in [0.1, 0.15) is 5.82 Å². The largest absolute Gasteiger partial charge is 0.344 e. The molecule has 66 valence electrons. The average molecular weight is 175 g/mol.